The van der Waals surface area contributed by atoms with E-state index in [0.717, 1.165) is 31.3 Å². The van der Waals surface area contributed by atoms with Crippen molar-refractivity contribution in [1.82, 2.24) is 14.5 Å². The van der Waals surface area contributed by atoms with Crippen LogP contribution in [0.2, 0.25) is 0 Å². The molecule has 0 amide bonds. The normalized spacial score (nSPS) is 15.8. The first-order valence-electron chi connectivity index (χ1n) is 6.18. The van der Waals surface area contributed by atoms with Crippen molar-refractivity contribution < 1.29 is 0 Å². The van der Waals surface area contributed by atoms with Gasteiger partial charge in [0.1, 0.15) is 0 Å². The number of nitrogens with zero attached hydrogens (tertiary/aromatic N) is 3. The van der Waals surface area contributed by atoms with Gasteiger partial charge in [0.15, 0.2) is 0 Å². The quantitative estimate of drug-likeness (QED) is 0.798. The lowest BCUT2D eigenvalue weighted by atomic mass is 10.5. The maximum atomic E-state index is 4.53. The van der Waals surface area contributed by atoms with E-state index in [1.807, 2.05) is 0 Å². The van der Waals surface area contributed by atoms with E-state index in [4.69, 9.17) is 0 Å². The number of nitrogens with one attached hydrogen (secondary N) is 1. The second-order valence-corrected chi connectivity index (χ2v) is 4.67. The molecule has 1 aliphatic rings. The molecule has 1 N–H and O–H groups in total. The van der Waals surface area contributed by atoms with E-state index >= 15 is 0 Å². The Morgan fingerprint density at radius 1 is 1.56 bits per heavy atom. The van der Waals surface area contributed by atoms with Crippen molar-refractivity contribution >= 4 is 5.95 Å². The third kappa shape index (κ3) is 2.76. The van der Waals surface area contributed by atoms with Crippen molar-refractivity contribution in [2.75, 3.05) is 32.0 Å². The van der Waals surface area contributed by atoms with E-state index in [-0.39, 0.29) is 0 Å². The smallest absolute Gasteiger partial charge is 0.203 e. The first-order valence-corrected chi connectivity index (χ1v) is 6.18. The second-order valence-electron chi connectivity index (χ2n) is 4.67. The molecule has 0 radical (unpaired) electrons. The first kappa shape index (κ1) is 11.5. The highest BCUT2D eigenvalue weighted by atomic mass is 15.2. The zero-order chi connectivity index (χ0) is 11.5. The summed E-state index contributed by atoms with van der Waals surface area (Å²) in [6.45, 7) is 7.36. The summed E-state index contributed by atoms with van der Waals surface area (Å²) >= 11 is 0. The second kappa shape index (κ2) is 4.87. The molecule has 90 valence electrons. The highest BCUT2D eigenvalue weighted by Crippen LogP contribution is 2.37. The Bertz CT molecular complexity index is 341. The van der Waals surface area contributed by atoms with Crippen LogP contribution in [0, 0.1) is 6.92 Å². The predicted molar refractivity (Wildman–Crippen MR) is 66.9 cm³/mol. The van der Waals surface area contributed by atoms with Crippen molar-refractivity contribution in [1.29, 1.82) is 0 Å². The lowest BCUT2D eigenvalue weighted by Crippen LogP contribution is -2.25. The van der Waals surface area contributed by atoms with Crippen LogP contribution in [0.5, 0.6) is 0 Å². The zero-order valence-electron chi connectivity index (χ0n) is 10.5. The van der Waals surface area contributed by atoms with Crippen molar-refractivity contribution in [2.45, 2.75) is 32.7 Å². The summed E-state index contributed by atoms with van der Waals surface area (Å²) in [6.07, 6.45) is 4.77. The third-order valence-corrected chi connectivity index (χ3v) is 3.11. The fourth-order valence-electron chi connectivity index (χ4n) is 1.79. The Morgan fingerprint density at radius 3 is 2.94 bits per heavy atom. The minimum atomic E-state index is 0.701. The maximum absolute atomic E-state index is 4.53. The summed E-state index contributed by atoms with van der Waals surface area (Å²) in [5.41, 5.74) is 1.11. The van der Waals surface area contributed by atoms with Crippen LogP contribution >= 0.6 is 0 Å². The minimum Gasteiger partial charge on any atom is -0.354 e. The maximum Gasteiger partial charge on any atom is 0.203 e. The molecule has 2 rings (SSSR count). The molecule has 1 saturated carbocycles. The molecule has 1 aromatic heterocycles. The minimum absolute atomic E-state index is 0.701. The van der Waals surface area contributed by atoms with Crippen molar-refractivity contribution in [3.63, 3.8) is 0 Å². The van der Waals surface area contributed by atoms with E-state index in [0.29, 0.717) is 6.04 Å². The molecule has 1 heterocycles. The molecule has 0 aliphatic heterocycles. The number of hydrogen-bond acceptors (Lipinski definition) is 3. The SMILES string of the molecule is CCN(C)CCNc1nc(C)cn1C1CC1. The Kier molecular flexibility index (Phi) is 3.49. The molecule has 1 fully saturated rings. The van der Waals surface area contributed by atoms with E-state index in [9.17, 15) is 0 Å². The predicted octanol–water partition coefficient (Wildman–Crippen LogP) is 1.89. The van der Waals surface area contributed by atoms with E-state index in [1.165, 1.54) is 12.8 Å². The number of aromatic nitrogens is 2. The van der Waals surface area contributed by atoms with Crippen molar-refractivity contribution in [3.05, 3.63) is 11.9 Å². The molecule has 4 nitrogen and oxygen atoms in total. The topological polar surface area (TPSA) is 33.1 Å². The summed E-state index contributed by atoms with van der Waals surface area (Å²) in [6, 6.07) is 0.701. The molecular weight excluding hydrogens is 200 g/mol. The number of aryl methyl sites for hydroxylation is 1. The van der Waals surface area contributed by atoms with Gasteiger partial charge in [-0.1, -0.05) is 6.92 Å². The highest BCUT2D eigenvalue weighted by molar-refractivity contribution is 5.30. The fraction of sp³-hybridized carbons (Fsp3) is 0.750. The highest BCUT2D eigenvalue weighted by Gasteiger charge is 2.25. The van der Waals surface area contributed by atoms with Crippen LogP contribution in [0.15, 0.2) is 6.20 Å². The molecule has 1 aliphatic carbocycles. The zero-order valence-corrected chi connectivity index (χ0v) is 10.5. The third-order valence-electron chi connectivity index (χ3n) is 3.11. The van der Waals surface area contributed by atoms with Gasteiger partial charge in [-0.3, -0.25) is 0 Å². The van der Waals surface area contributed by atoms with Crippen molar-refractivity contribution in [3.8, 4) is 0 Å². The molecule has 1 aromatic rings. The van der Waals surface area contributed by atoms with E-state index in [1.54, 1.807) is 0 Å². The van der Waals surface area contributed by atoms with Crippen LogP contribution < -0.4 is 5.32 Å². The molecule has 16 heavy (non-hydrogen) atoms. The molecule has 0 aromatic carbocycles. The number of anilines is 1. The number of imidazole rings is 1. The summed E-state index contributed by atoms with van der Waals surface area (Å²) in [4.78, 5) is 6.82. The number of rotatable bonds is 6. The van der Waals surface area contributed by atoms with Crippen LogP contribution in [0.1, 0.15) is 31.5 Å². The average molecular weight is 222 g/mol. The summed E-state index contributed by atoms with van der Waals surface area (Å²) in [5, 5.41) is 3.43. The Morgan fingerprint density at radius 2 is 2.31 bits per heavy atom. The Balaban J connectivity index is 1.88. The van der Waals surface area contributed by atoms with Crippen LogP contribution in [-0.4, -0.2) is 41.1 Å². The van der Waals surface area contributed by atoms with Crippen LogP contribution in [0.4, 0.5) is 5.95 Å². The lowest BCUT2D eigenvalue weighted by molar-refractivity contribution is 0.366. The monoisotopic (exact) mass is 222 g/mol. The standard InChI is InChI=1S/C12H22N4/c1-4-15(3)8-7-13-12-14-10(2)9-16(12)11-5-6-11/h9,11H,4-8H2,1-3H3,(H,13,14). The van der Waals surface area contributed by atoms with Gasteiger partial charge in [-0.15, -0.1) is 0 Å². The average Bonchev–Trinajstić information content (AvgIpc) is 3.03. The Labute approximate surface area is 97.7 Å². The van der Waals surface area contributed by atoms with Gasteiger partial charge in [-0.05, 0) is 33.4 Å². The summed E-state index contributed by atoms with van der Waals surface area (Å²) in [5.74, 6) is 1.05. The lowest BCUT2D eigenvalue weighted by Gasteiger charge is -2.14. The van der Waals surface area contributed by atoms with Gasteiger partial charge >= 0.3 is 0 Å². The molecule has 0 atom stereocenters. The van der Waals surface area contributed by atoms with Crippen molar-refractivity contribution in [2.24, 2.45) is 0 Å². The first-order chi connectivity index (χ1) is 7.70. The van der Waals surface area contributed by atoms with Gasteiger partial charge in [0.25, 0.3) is 0 Å². The van der Waals surface area contributed by atoms with Gasteiger partial charge < -0.3 is 14.8 Å². The summed E-state index contributed by atoms with van der Waals surface area (Å²) < 4.78 is 2.29. The van der Waals surface area contributed by atoms with Crippen LogP contribution in [0.25, 0.3) is 0 Å². The largest absolute Gasteiger partial charge is 0.354 e. The number of hydrogen-bond donors (Lipinski definition) is 1. The Hall–Kier alpha value is -1.03. The van der Waals surface area contributed by atoms with Gasteiger partial charge in [-0.25, -0.2) is 4.98 Å². The van der Waals surface area contributed by atoms with E-state index < -0.39 is 0 Å². The van der Waals surface area contributed by atoms with Crippen LogP contribution in [0.3, 0.4) is 0 Å². The molecular formula is C12H22N4. The van der Waals surface area contributed by atoms with Gasteiger partial charge in [0, 0.05) is 25.3 Å². The molecule has 0 saturated heterocycles. The van der Waals surface area contributed by atoms with Crippen LogP contribution in [-0.2, 0) is 0 Å². The molecule has 4 heteroatoms. The van der Waals surface area contributed by atoms with Gasteiger partial charge in [-0.2, -0.15) is 0 Å². The summed E-state index contributed by atoms with van der Waals surface area (Å²) in [7, 11) is 2.14. The molecule has 0 unspecified atom stereocenters. The number of likely N-dealkylation sites (N-methyl/N-ethyl adjacent to an activating group) is 1. The molecule has 0 spiro atoms. The van der Waals surface area contributed by atoms with Gasteiger partial charge in [0.2, 0.25) is 5.95 Å². The fourth-order valence-corrected chi connectivity index (χ4v) is 1.79. The molecule has 0 bridgehead atoms. The van der Waals surface area contributed by atoms with Gasteiger partial charge in [0.05, 0.1) is 5.69 Å². The van der Waals surface area contributed by atoms with E-state index in [2.05, 4.69) is 46.9 Å².